The van der Waals surface area contributed by atoms with Gasteiger partial charge in [0.15, 0.2) is 0 Å². The van der Waals surface area contributed by atoms with Crippen LogP contribution in [-0.4, -0.2) is 31.8 Å². The Bertz CT molecular complexity index is 454. The van der Waals surface area contributed by atoms with Crippen molar-refractivity contribution in [1.82, 2.24) is 5.32 Å². The van der Waals surface area contributed by atoms with Gasteiger partial charge in [0.2, 0.25) is 0 Å². The summed E-state index contributed by atoms with van der Waals surface area (Å²) in [5.74, 6) is 0.657. The van der Waals surface area contributed by atoms with Gasteiger partial charge in [-0.25, -0.2) is 0 Å². The Morgan fingerprint density at radius 3 is 2.57 bits per heavy atom. The van der Waals surface area contributed by atoms with Gasteiger partial charge in [0, 0.05) is 30.3 Å². The van der Waals surface area contributed by atoms with E-state index in [0.717, 1.165) is 31.2 Å². The second kappa shape index (κ2) is 7.48. The predicted molar refractivity (Wildman–Crippen MR) is 90.2 cm³/mol. The Balaban J connectivity index is 2.14. The lowest BCUT2D eigenvalue weighted by molar-refractivity contribution is -0.00526. The Kier molecular flexibility index (Phi) is 5.91. The molecule has 0 aliphatic carbocycles. The van der Waals surface area contributed by atoms with Crippen LogP contribution < -0.4 is 10.2 Å². The number of hydrogen-bond acceptors (Lipinski definition) is 3. The molecule has 1 heterocycles. The van der Waals surface area contributed by atoms with Crippen LogP contribution in [0.2, 0.25) is 5.02 Å². The van der Waals surface area contributed by atoms with E-state index in [2.05, 4.69) is 50.0 Å². The van der Waals surface area contributed by atoms with E-state index in [-0.39, 0.29) is 12.2 Å². The molecule has 3 nitrogen and oxygen atoms in total. The highest BCUT2D eigenvalue weighted by Gasteiger charge is 2.24. The molecule has 118 valence electrons. The van der Waals surface area contributed by atoms with Gasteiger partial charge in [-0.1, -0.05) is 31.5 Å². The first-order valence-corrected chi connectivity index (χ1v) is 8.23. The van der Waals surface area contributed by atoms with Crippen molar-refractivity contribution in [2.75, 3.05) is 24.5 Å². The van der Waals surface area contributed by atoms with E-state index in [0.29, 0.717) is 5.92 Å². The van der Waals surface area contributed by atoms with Crippen LogP contribution in [0.5, 0.6) is 0 Å². The van der Waals surface area contributed by atoms with Gasteiger partial charge in [-0.15, -0.1) is 0 Å². The molecule has 0 saturated carbocycles. The number of rotatable bonds is 5. The molecule has 1 N–H and O–H groups in total. The minimum absolute atomic E-state index is 0.254. The van der Waals surface area contributed by atoms with Crippen LogP contribution in [0.15, 0.2) is 18.2 Å². The average molecular weight is 311 g/mol. The van der Waals surface area contributed by atoms with Crippen LogP contribution in [0.4, 0.5) is 5.69 Å². The van der Waals surface area contributed by atoms with Gasteiger partial charge >= 0.3 is 0 Å². The highest BCUT2D eigenvalue weighted by molar-refractivity contribution is 6.30. The third-order valence-electron chi connectivity index (χ3n) is 3.68. The molecule has 0 spiro atoms. The second-order valence-electron chi connectivity index (χ2n) is 6.46. The Labute approximate surface area is 133 Å². The first-order valence-electron chi connectivity index (χ1n) is 7.85. The largest absolute Gasteiger partial charge is 0.372 e. The standard InChI is InChI=1S/C17H27ClN2O/c1-12(2)8-19-9-15-5-6-16(18)7-17(15)20-10-13(3)21-14(4)11-20/h5-7,12-14,19H,8-11H2,1-4H3/t13-,14+. The van der Waals surface area contributed by atoms with Crippen molar-refractivity contribution in [3.63, 3.8) is 0 Å². The quantitative estimate of drug-likeness (QED) is 0.897. The van der Waals surface area contributed by atoms with E-state index in [1.165, 1.54) is 11.3 Å². The lowest BCUT2D eigenvalue weighted by Crippen LogP contribution is -2.46. The molecular formula is C17H27ClN2O. The Morgan fingerprint density at radius 2 is 1.95 bits per heavy atom. The predicted octanol–water partition coefficient (Wildman–Crippen LogP) is 3.70. The van der Waals surface area contributed by atoms with E-state index in [9.17, 15) is 0 Å². The number of benzene rings is 1. The fraction of sp³-hybridized carbons (Fsp3) is 0.647. The van der Waals surface area contributed by atoms with Crippen molar-refractivity contribution in [3.05, 3.63) is 28.8 Å². The van der Waals surface area contributed by atoms with Gasteiger partial charge < -0.3 is 15.0 Å². The molecule has 0 radical (unpaired) electrons. The van der Waals surface area contributed by atoms with E-state index in [1.54, 1.807) is 0 Å². The van der Waals surface area contributed by atoms with Crippen molar-refractivity contribution in [1.29, 1.82) is 0 Å². The maximum atomic E-state index is 6.21. The lowest BCUT2D eigenvalue weighted by Gasteiger charge is -2.38. The summed E-state index contributed by atoms with van der Waals surface area (Å²) >= 11 is 6.21. The SMILES string of the molecule is CC(C)CNCc1ccc(Cl)cc1N1C[C@@H](C)O[C@@H](C)C1. The number of nitrogens with one attached hydrogen (secondary N) is 1. The fourth-order valence-corrected chi connectivity index (χ4v) is 3.02. The molecule has 0 amide bonds. The third kappa shape index (κ3) is 4.87. The first-order chi connectivity index (χ1) is 9.95. The van der Waals surface area contributed by atoms with Gasteiger partial charge in [0.25, 0.3) is 0 Å². The maximum Gasteiger partial charge on any atom is 0.0726 e. The van der Waals surface area contributed by atoms with Gasteiger partial charge in [-0.3, -0.25) is 0 Å². The zero-order valence-electron chi connectivity index (χ0n) is 13.5. The number of hydrogen-bond donors (Lipinski definition) is 1. The minimum atomic E-state index is 0.254. The van der Waals surface area contributed by atoms with Crippen LogP contribution in [0, 0.1) is 5.92 Å². The smallest absolute Gasteiger partial charge is 0.0726 e. The number of ether oxygens (including phenoxy) is 1. The van der Waals surface area contributed by atoms with E-state index >= 15 is 0 Å². The molecule has 1 aliphatic rings. The summed E-state index contributed by atoms with van der Waals surface area (Å²) in [6.07, 6.45) is 0.508. The number of morpholine rings is 1. The van der Waals surface area contributed by atoms with Crippen molar-refractivity contribution in [3.8, 4) is 0 Å². The van der Waals surface area contributed by atoms with Gasteiger partial charge in [0.05, 0.1) is 12.2 Å². The number of halogens is 1. The number of nitrogens with zero attached hydrogens (tertiary/aromatic N) is 1. The minimum Gasteiger partial charge on any atom is -0.372 e. The lowest BCUT2D eigenvalue weighted by atomic mass is 10.1. The van der Waals surface area contributed by atoms with Crippen LogP contribution >= 0.6 is 11.6 Å². The van der Waals surface area contributed by atoms with Crippen molar-refractivity contribution in [2.45, 2.75) is 46.4 Å². The van der Waals surface area contributed by atoms with Gasteiger partial charge in [0.1, 0.15) is 0 Å². The fourth-order valence-electron chi connectivity index (χ4n) is 2.85. The molecule has 0 aromatic heterocycles. The summed E-state index contributed by atoms with van der Waals surface area (Å²) in [5.41, 5.74) is 2.54. The van der Waals surface area contributed by atoms with Crippen molar-refractivity contribution < 1.29 is 4.74 Å². The summed E-state index contributed by atoms with van der Waals surface area (Å²) in [6, 6.07) is 6.19. The molecule has 2 rings (SSSR count). The molecule has 1 aromatic rings. The molecule has 0 unspecified atom stereocenters. The third-order valence-corrected chi connectivity index (χ3v) is 3.91. The van der Waals surface area contributed by atoms with Crippen molar-refractivity contribution >= 4 is 17.3 Å². The summed E-state index contributed by atoms with van der Waals surface area (Å²) in [5, 5.41) is 4.32. The topological polar surface area (TPSA) is 24.5 Å². The second-order valence-corrected chi connectivity index (χ2v) is 6.90. The van der Waals surface area contributed by atoms with E-state index < -0.39 is 0 Å². The molecule has 1 aliphatic heterocycles. The van der Waals surface area contributed by atoms with E-state index in [1.807, 2.05) is 6.07 Å². The summed E-state index contributed by atoms with van der Waals surface area (Å²) in [4.78, 5) is 2.40. The first kappa shape index (κ1) is 16.6. The van der Waals surface area contributed by atoms with Crippen LogP contribution in [-0.2, 0) is 11.3 Å². The molecular weight excluding hydrogens is 284 g/mol. The molecule has 2 atom stereocenters. The zero-order valence-corrected chi connectivity index (χ0v) is 14.3. The number of anilines is 1. The van der Waals surface area contributed by atoms with Crippen molar-refractivity contribution in [2.24, 2.45) is 5.92 Å². The highest BCUT2D eigenvalue weighted by atomic mass is 35.5. The summed E-state index contributed by atoms with van der Waals surface area (Å²) < 4.78 is 5.83. The van der Waals surface area contributed by atoms with Crippen LogP contribution in [0.3, 0.4) is 0 Å². The van der Waals surface area contributed by atoms with E-state index in [4.69, 9.17) is 16.3 Å². The van der Waals surface area contributed by atoms with Crippen LogP contribution in [0.1, 0.15) is 33.3 Å². The molecule has 1 aromatic carbocycles. The maximum absolute atomic E-state index is 6.21. The zero-order chi connectivity index (χ0) is 15.4. The van der Waals surface area contributed by atoms with Gasteiger partial charge in [-0.05, 0) is 44.0 Å². The monoisotopic (exact) mass is 310 g/mol. The van der Waals surface area contributed by atoms with Gasteiger partial charge in [-0.2, -0.15) is 0 Å². The molecule has 0 bridgehead atoms. The Morgan fingerprint density at radius 1 is 1.29 bits per heavy atom. The highest BCUT2D eigenvalue weighted by Crippen LogP contribution is 2.27. The normalized spacial score (nSPS) is 22.9. The Hall–Kier alpha value is -0.770. The average Bonchev–Trinajstić information content (AvgIpc) is 2.39. The molecule has 1 fully saturated rings. The molecule has 21 heavy (non-hydrogen) atoms. The summed E-state index contributed by atoms with van der Waals surface area (Å²) in [6.45, 7) is 12.4. The van der Waals surface area contributed by atoms with Crippen LogP contribution in [0.25, 0.3) is 0 Å². The summed E-state index contributed by atoms with van der Waals surface area (Å²) in [7, 11) is 0. The molecule has 4 heteroatoms. The molecule has 1 saturated heterocycles.